The number of carboxylic acid groups (broad SMARTS) is 1. The van der Waals surface area contributed by atoms with Gasteiger partial charge in [-0.05, 0) is 24.5 Å². The molecule has 0 saturated carbocycles. The smallest absolute Gasteiger partial charge is 0.323 e. The third kappa shape index (κ3) is 3.12. The fourth-order valence-electron chi connectivity index (χ4n) is 2.36. The molecule has 1 aliphatic rings. The Labute approximate surface area is 112 Å². The first kappa shape index (κ1) is 13.5. The molecule has 2 rings (SSSR count). The van der Waals surface area contributed by atoms with Crippen LogP contribution in [0.15, 0.2) is 24.3 Å². The molecular formula is C14H18N2O3. The molecule has 0 aliphatic carbocycles. The van der Waals surface area contributed by atoms with Crippen molar-refractivity contribution in [3.63, 3.8) is 0 Å². The summed E-state index contributed by atoms with van der Waals surface area (Å²) in [5.74, 6) is -1.12. The predicted molar refractivity (Wildman–Crippen MR) is 70.7 cm³/mol. The number of likely N-dealkylation sites (N-methyl/N-ethyl adjacent to an activating group) is 1. The molecule has 1 aromatic carbocycles. The van der Waals surface area contributed by atoms with E-state index in [0.29, 0.717) is 19.5 Å². The maximum atomic E-state index is 12.3. The summed E-state index contributed by atoms with van der Waals surface area (Å²) in [5, 5.41) is 12.0. The van der Waals surface area contributed by atoms with Crippen LogP contribution in [0.2, 0.25) is 0 Å². The molecule has 0 radical (unpaired) electrons. The predicted octanol–water partition coefficient (Wildman–Crippen LogP) is 0.634. The zero-order valence-corrected chi connectivity index (χ0v) is 10.9. The van der Waals surface area contributed by atoms with Crippen molar-refractivity contribution < 1.29 is 14.7 Å². The van der Waals surface area contributed by atoms with Crippen molar-refractivity contribution in [2.75, 3.05) is 13.1 Å². The highest BCUT2D eigenvalue weighted by atomic mass is 16.4. The number of nitrogens with zero attached hydrogens (tertiary/aromatic N) is 1. The topological polar surface area (TPSA) is 69.6 Å². The Kier molecular flexibility index (Phi) is 4.16. The minimum Gasteiger partial charge on any atom is -0.480 e. The summed E-state index contributed by atoms with van der Waals surface area (Å²) in [7, 11) is 0. The van der Waals surface area contributed by atoms with Crippen LogP contribution in [0.5, 0.6) is 0 Å². The van der Waals surface area contributed by atoms with E-state index < -0.39 is 5.97 Å². The van der Waals surface area contributed by atoms with Crippen LogP contribution in [0, 0.1) is 0 Å². The van der Waals surface area contributed by atoms with E-state index in [2.05, 4.69) is 5.32 Å². The number of benzene rings is 1. The summed E-state index contributed by atoms with van der Waals surface area (Å²) in [6.45, 7) is 2.61. The minimum atomic E-state index is -0.980. The van der Waals surface area contributed by atoms with Crippen molar-refractivity contribution in [3.8, 4) is 0 Å². The molecule has 0 unspecified atom stereocenters. The number of hydrogen-bond acceptors (Lipinski definition) is 3. The van der Waals surface area contributed by atoms with Crippen LogP contribution in [0.1, 0.15) is 18.1 Å². The second-order valence-electron chi connectivity index (χ2n) is 4.65. The Bertz CT molecular complexity index is 487. The standard InChI is InChI=1S/C14H18N2O3/c1-2-16(9-13(17)18)14(19)12-7-10-5-3-4-6-11(10)8-15-12/h3-6,12,15H,2,7-9H2,1H3,(H,17,18)/t12-/m0/s1. The van der Waals surface area contributed by atoms with Crippen molar-refractivity contribution in [1.82, 2.24) is 10.2 Å². The third-order valence-corrected chi connectivity index (χ3v) is 3.40. The number of aliphatic carboxylic acids is 1. The lowest BCUT2D eigenvalue weighted by Crippen LogP contribution is -2.50. The van der Waals surface area contributed by atoms with E-state index in [4.69, 9.17) is 5.11 Å². The number of carboxylic acids is 1. The van der Waals surface area contributed by atoms with Gasteiger partial charge in [0, 0.05) is 13.1 Å². The number of carbonyl (C=O) groups is 2. The third-order valence-electron chi connectivity index (χ3n) is 3.40. The number of carbonyl (C=O) groups excluding carboxylic acids is 1. The summed E-state index contributed by atoms with van der Waals surface area (Å²) in [6.07, 6.45) is 0.616. The quantitative estimate of drug-likeness (QED) is 0.835. The van der Waals surface area contributed by atoms with E-state index >= 15 is 0 Å². The first-order chi connectivity index (χ1) is 9.11. The van der Waals surface area contributed by atoms with Gasteiger partial charge in [-0.2, -0.15) is 0 Å². The number of nitrogens with one attached hydrogen (secondary N) is 1. The molecule has 2 N–H and O–H groups in total. The molecule has 19 heavy (non-hydrogen) atoms. The number of fused-ring (bicyclic) bond motifs is 1. The fourth-order valence-corrected chi connectivity index (χ4v) is 2.36. The highest BCUT2D eigenvalue weighted by Gasteiger charge is 2.28. The van der Waals surface area contributed by atoms with Gasteiger partial charge in [-0.3, -0.25) is 9.59 Å². The van der Waals surface area contributed by atoms with E-state index in [1.54, 1.807) is 6.92 Å². The van der Waals surface area contributed by atoms with Gasteiger partial charge in [0.1, 0.15) is 6.54 Å². The molecule has 0 aromatic heterocycles. The van der Waals surface area contributed by atoms with E-state index in [0.717, 1.165) is 5.56 Å². The minimum absolute atomic E-state index is 0.139. The largest absolute Gasteiger partial charge is 0.480 e. The normalized spacial score (nSPS) is 17.6. The van der Waals surface area contributed by atoms with Gasteiger partial charge in [0.25, 0.3) is 0 Å². The highest BCUT2D eigenvalue weighted by Crippen LogP contribution is 2.17. The lowest BCUT2D eigenvalue weighted by Gasteiger charge is -2.29. The molecule has 1 aliphatic heterocycles. The van der Waals surface area contributed by atoms with E-state index in [1.807, 2.05) is 24.3 Å². The molecule has 0 spiro atoms. The number of hydrogen-bond donors (Lipinski definition) is 2. The zero-order valence-electron chi connectivity index (χ0n) is 10.9. The monoisotopic (exact) mass is 262 g/mol. The van der Waals surface area contributed by atoms with Crippen LogP contribution in [0.25, 0.3) is 0 Å². The van der Waals surface area contributed by atoms with Crippen LogP contribution in [0.3, 0.4) is 0 Å². The summed E-state index contributed by atoms with van der Waals surface area (Å²) < 4.78 is 0. The second-order valence-corrected chi connectivity index (χ2v) is 4.65. The van der Waals surface area contributed by atoms with Gasteiger partial charge < -0.3 is 15.3 Å². The van der Waals surface area contributed by atoms with E-state index in [-0.39, 0.29) is 18.5 Å². The van der Waals surface area contributed by atoms with Gasteiger partial charge in [0.2, 0.25) is 5.91 Å². The van der Waals surface area contributed by atoms with Gasteiger partial charge in [0.15, 0.2) is 0 Å². The Hall–Kier alpha value is -1.88. The van der Waals surface area contributed by atoms with E-state index in [1.165, 1.54) is 10.5 Å². The van der Waals surface area contributed by atoms with Gasteiger partial charge in [-0.1, -0.05) is 24.3 Å². The molecule has 1 aromatic rings. The molecule has 0 bridgehead atoms. The molecule has 5 heteroatoms. The Morgan fingerprint density at radius 2 is 2.05 bits per heavy atom. The zero-order chi connectivity index (χ0) is 13.8. The van der Waals surface area contributed by atoms with Crippen molar-refractivity contribution in [2.24, 2.45) is 0 Å². The summed E-state index contributed by atoms with van der Waals surface area (Å²) in [5.41, 5.74) is 2.36. The molecule has 0 fully saturated rings. The summed E-state index contributed by atoms with van der Waals surface area (Å²) in [6, 6.07) is 7.67. The van der Waals surface area contributed by atoms with Gasteiger partial charge >= 0.3 is 5.97 Å². The van der Waals surface area contributed by atoms with Crippen LogP contribution in [0.4, 0.5) is 0 Å². The summed E-state index contributed by atoms with van der Waals surface area (Å²) >= 11 is 0. The van der Waals surface area contributed by atoms with Crippen molar-refractivity contribution in [2.45, 2.75) is 25.9 Å². The van der Waals surface area contributed by atoms with Gasteiger partial charge in [-0.25, -0.2) is 0 Å². The average Bonchev–Trinajstić information content (AvgIpc) is 2.43. The Morgan fingerprint density at radius 3 is 2.68 bits per heavy atom. The molecular weight excluding hydrogens is 244 g/mol. The van der Waals surface area contributed by atoms with Crippen molar-refractivity contribution >= 4 is 11.9 Å². The molecule has 102 valence electrons. The summed E-state index contributed by atoms with van der Waals surface area (Å²) in [4.78, 5) is 24.4. The molecule has 5 nitrogen and oxygen atoms in total. The lowest BCUT2D eigenvalue weighted by atomic mass is 9.95. The van der Waals surface area contributed by atoms with Crippen molar-refractivity contribution in [1.29, 1.82) is 0 Å². The number of amides is 1. The molecule has 1 atom stereocenters. The van der Waals surface area contributed by atoms with Crippen LogP contribution in [-0.2, 0) is 22.6 Å². The SMILES string of the molecule is CCN(CC(=O)O)C(=O)[C@@H]1Cc2ccccc2CN1. The first-order valence-electron chi connectivity index (χ1n) is 6.42. The molecule has 1 amide bonds. The molecule has 0 saturated heterocycles. The van der Waals surface area contributed by atoms with Crippen LogP contribution >= 0.6 is 0 Å². The van der Waals surface area contributed by atoms with Crippen molar-refractivity contribution in [3.05, 3.63) is 35.4 Å². The number of rotatable bonds is 4. The maximum absolute atomic E-state index is 12.3. The maximum Gasteiger partial charge on any atom is 0.323 e. The average molecular weight is 262 g/mol. The Morgan fingerprint density at radius 1 is 1.37 bits per heavy atom. The fraction of sp³-hybridized carbons (Fsp3) is 0.429. The van der Waals surface area contributed by atoms with Crippen LogP contribution in [-0.4, -0.2) is 41.0 Å². The second kappa shape index (κ2) is 5.84. The lowest BCUT2D eigenvalue weighted by molar-refractivity contribution is -0.145. The molecule has 1 heterocycles. The first-order valence-corrected chi connectivity index (χ1v) is 6.42. The Balaban J connectivity index is 2.07. The van der Waals surface area contributed by atoms with Gasteiger partial charge in [0.05, 0.1) is 6.04 Å². The van der Waals surface area contributed by atoms with E-state index in [9.17, 15) is 9.59 Å². The van der Waals surface area contributed by atoms with Gasteiger partial charge in [-0.15, -0.1) is 0 Å². The highest BCUT2D eigenvalue weighted by molar-refractivity contribution is 5.85. The van der Waals surface area contributed by atoms with Crippen LogP contribution < -0.4 is 5.32 Å².